The molecule has 0 aromatic heterocycles. The van der Waals surface area contributed by atoms with E-state index in [-0.39, 0.29) is 17.6 Å². The molecule has 6 heteroatoms. The number of halogens is 2. The van der Waals surface area contributed by atoms with E-state index >= 15 is 0 Å². The molecular formula is C17H21ClFNO3. The zero-order chi connectivity index (χ0) is 16.7. The van der Waals surface area contributed by atoms with Gasteiger partial charge in [-0.3, -0.25) is 9.59 Å². The smallest absolute Gasteiger partial charge is 0.306 e. The van der Waals surface area contributed by atoms with Crippen LogP contribution in [0.4, 0.5) is 10.1 Å². The summed E-state index contributed by atoms with van der Waals surface area (Å²) in [5.74, 6) is -0.785. The number of benzene rings is 1. The normalized spacial score (nSPS) is 15.2. The molecule has 0 saturated heterocycles. The molecule has 1 aliphatic carbocycles. The van der Waals surface area contributed by atoms with Gasteiger partial charge in [0.15, 0.2) is 6.61 Å². The van der Waals surface area contributed by atoms with Gasteiger partial charge in [-0.15, -0.1) is 0 Å². The van der Waals surface area contributed by atoms with Crippen molar-refractivity contribution in [3.05, 3.63) is 29.0 Å². The number of esters is 1. The number of anilines is 1. The molecule has 1 aliphatic rings. The van der Waals surface area contributed by atoms with Crippen molar-refractivity contribution in [2.75, 3.05) is 11.9 Å². The second kappa shape index (κ2) is 8.87. The number of amides is 1. The van der Waals surface area contributed by atoms with Gasteiger partial charge in [0, 0.05) is 12.1 Å². The Morgan fingerprint density at radius 1 is 1.26 bits per heavy atom. The summed E-state index contributed by atoms with van der Waals surface area (Å²) >= 11 is 5.63. The van der Waals surface area contributed by atoms with Gasteiger partial charge >= 0.3 is 5.97 Å². The van der Waals surface area contributed by atoms with Crippen molar-refractivity contribution < 1.29 is 18.7 Å². The largest absolute Gasteiger partial charge is 0.456 e. The van der Waals surface area contributed by atoms with Gasteiger partial charge in [0.25, 0.3) is 5.91 Å². The number of carbonyl (C=O) groups is 2. The van der Waals surface area contributed by atoms with Crippen LogP contribution in [-0.2, 0) is 14.3 Å². The Morgan fingerprint density at radius 2 is 2.00 bits per heavy atom. The lowest BCUT2D eigenvalue weighted by molar-refractivity contribution is -0.147. The van der Waals surface area contributed by atoms with E-state index in [0.29, 0.717) is 18.0 Å². The topological polar surface area (TPSA) is 55.4 Å². The van der Waals surface area contributed by atoms with Gasteiger partial charge in [-0.25, -0.2) is 4.39 Å². The second-order valence-electron chi connectivity index (χ2n) is 5.88. The summed E-state index contributed by atoms with van der Waals surface area (Å²) < 4.78 is 18.0. The average molecular weight is 342 g/mol. The van der Waals surface area contributed by atoms with Crippen LogP contribution < -0.4 is 5.32 Å². The van der Waals surface area contributed by atoms with Gasteiger partial charge in [-0.05, 0) is 30.5 Å². The maximum absolute atomic E-state index is 13.0. The fraction of sp³-hybridized carbons (Fsp3) is 0.529. The minimum Gasteiger partial charge on any atom is -0.456 e. The molecular weight excluding hydrogens is 321 g/mol. The molecule has 4 nitrogen and oxygen atoms in total. The van der Waals surface area contributed by atoms with Gasteiger partial charge in [-0.2, -0.15) is 0 Å². The molecule has 0 aliphatic heterocycles. The third kappa shape index (κ3) is 6.18. The number of ether oxygens (including phenoxy) is 1. The predicted octanol–water partition coefficient (Wildman–Crippen LogP) is 4.32. The minimum absolute atomic E-state index is 0.0766. The third-order valence-electron chi connectivity index (χ3n) is 4.05. The standard InChI is InChI=1S/C17H21ClFNO3/c18-14-10-13(7-8-15(14)19)20-16(21)11-23-17(22)9-6-12-4-2-1-3-5-12/h7-8,10,12H,1-6,9,11H2,(H,20,21). The first-order valence-corrected chi connectivity index (χ1v) is 8.33. The first kappa shape index (κ1) is 17.7. The lowest BCUT2D eigenvalue weighted by Gasteiger charge is -2.20. The quantitative estimate of drug-likeness (QED) is 0.784. The first-order chi connectivity index (χ1) is 11.0. The molecule has 0 radical (unpaired) electrons. The van der Waals surface area contributed by atoms with E-state index in [2.05, 4.69) is 5.32 Å². The number of hydrogen-bond acceptors (Lipinski definition) is 3. The van der Waals surface area contributed by atoms with Gasteiger partial charge in [0.05, 0.1) is 5.02 Å². The van der Waals surface area contributed by atoms with Gasteiger partial charge in [0.2, 0.25) is 0 Å². The molecule has 0 spiro atoms. The molecule has 0 heterocycles. The van der Waals surface area contributed by atoms with E-state index in [0.717, 1.165) is 12.5 Å². The second-order valence-corrected chi connectivity index (χ2v) is 6.29. The molecule has 0 bridgehead atoms. The predicted molar refractivity (Wildman–Crippen MR) is 86.8 cm³/mol. The fourth-order valence-electron chi connectivity index (χ4n) is 2.79. The number of carbonyl (C=O) groups excluding carboxylic acids is 2. The van der Waals surface area contributed by atoms with Crippen molar-refractivity contribution in [3.63, 3.8) is 0 Å². The summed E-state index contributed by atoms with van der Waals surface area (Å²) in [7, 11) is 0. The number of hydrogen-bond donors (Lipinski definition) is 1. The highest BCUT2D eigenvalue weighted by Crippen LogP contribution is 2.27. The maximum atomic E-state index is 13.0. The molecule has 126 valence electrons. The average Bonchev–Trinajstić information content (AvgIpc) is 2.55. The van der Waals surface area contributed by atoms with E-state index in [1.54, 1.807) is 0 Å². The van der Waals surface area contributed by atoms with Gasteiger partial charge in [-0.1, -0.05) is 43.7 Å². The Labute approximate surface area is 140 Å². The van der Waals surface area contributed by atoms with Crippen molar-refractivity contribution in [1.82, 2.24) is 0 Å². The fourth-order valence-corrected chi connectivity index (χ4v) is 2.97. The highest BCUT2D eigenvalue weighted by molar-refractivity contribution is 6.31. The molecule has 23 heavy (non-hydrogen) atoms. The molecule has 1 fully saturated rings. The van der Waals surface area contributed by atoms with Crippen LogP contribution >= 0.6 is 11.6 Å². The van der Waals surface area contributed by atoms with E-state index in [1.165, 1.54) is 44.2 Å². The van der Waals surface area contributed by atoms with Gasteiger partial charge < -0.3 is 10.1 Å². The van der Waals surface area contributed by atoms with Gasteiger partial charge in [0.1, 0.15) is 5.82 Å². The summed E-state index contributed by atoms with van der Waals surface area (Å²) in [6, 6.07) is 3.86. The molecule has 2 rings (SSSR count). The van der Waals surface area contributed by atoms with Crippen molar-refractivity contribution >= 4 is 29.2 Å². The van der Waals surface area contributed by atoms with Crippen LogP contribution in [0.1, 0.15) is 44.9 Å². The lowest BCUT2D eigenvalue weighted by Crippen LogP contribution is -2.21. The molecule has 1 amide bonds. The molecule has 1 aromatic rings. The summed E-state index contributed by atoms with van der Waals surface area (Å²) in [5, 5.41) is 2.43. The molecule has 1 N–H and O–H groups in total. The first-order valence-electron chi connectivity index (χ1n) is 7.95. The number of rotatable bonds is 6. The minimum atomic E-state index is -0.557. The van der Waals surface area contributed by atoms with E-state index < -0.39 is 11.7 Å². The SMILES string of the molecule is O=C(COC(=O)CCC1CCCCC1)Nc1ccc(F)c(Cl)c1. The van der Waals surface area contributed by atoms with Crippen molar-refractivity contribution in [1.29, 1.82) is 0 Å². The highest BCUT2D eigenvalue weighted by atomic mass is 35.5. The van der Waals surface area contributed by atoms with Crippen LogP contribution in [0.25, 0.3) is 0 Å². The van der Waals surface area contributed by atoms with E-state index in [4.69, 9.17) is 16.3 Å². The summed E-state index contributed by atoms with van der Waals surface area (Å²) in [4.78, 5) is 23.4. The van der Waals surface area contributed by atoms with Crippen LogP contribution in [0.2, 0.25) is 5.02 Å². The Kier molecular flexibility index (Phi) is 6.84. The Hall–Kier alpha value is -1.62. The molecule has 0 unspecified atom stereocenters. The van der Waals surface area contributed by atoms with E-state index in [1.807, 2.05) is 0 Å². The van der Waals surface area contributed by atoms with Crippen molar-refractivity contribution in [3.8, 4) is 0 Å². The van der Waals surface area contributed by atoms with Crippen molar-refractivity contribution in [2.24, 2.45) is 5.92 Å². The van der Waals surface area contributed by atoms with Crippen molar-refractivity contribution in [2.45, 2.75) is 44.9 Å². The van der Waals surface area contributed by atoms with Crippen LogP contribution in [-0.4, -0.2) is 18.5 Å². The zero-order valence-electron chi connectivity index (χ0n) is 12.9. The Bertz CT molecular complexity index is 559. The zero-order valence-corrected chi connectivity index (χ0v) is 13.7. The Balaban J connectivity index is 1.66. The van der Waals surface area contributed by atoms with Crippen LogP contribution in [0.3, 0.4) is 0 Å². The van der Waals surface area contributed by atoms with Crippen LogP contribution in [0.5, 0.6) is 0 Å². The molecule has 1 saturated carbocycles. The molecule has 1 aromatic carbocycles. The number of nitrogens with one attached hydrogen (secondary N) is 1. The van der Waals surface area contributed by atoms with Crippen LogP contribution in [0, 0.1) is 11.7 Å². The molecule has 0 atom stereocenters. The third-order valence-corrected chi connectivity index (χ3v) is 4.34. The highest BCUT2D eigenvalue weighted by Gasteiger charge is 2.16. The van der Waals surface area contributed by atoms with Crippen LogP contribution in [0.15, 0.2) is 18.2 Å². The van der Waals surface area contributed by atoms with E-state index in [9.17, 15) is 14.0 Å². The summed E-state index contributed by atoms with van der Waals surface area (Å²) in [6.07, 6.45) is 7.30. The maximum Gasteiger partial charge on any atom is 0.306 e. The summed E-state index contributed by atoms with van der Waals surface area (Å²) in [5.41, 5.74) is 0.361. The monoisotopic (exact) mass is 341 g/mol. The summed E-state index contributed by atoms with van der Waals surface area (Å²) in [6.45, 7) is -0.349. The Morgan fingerprint density at radius 3 is 2.70 bits per heavy atom. The lowest BCUT2D eigenvalue weighted by atomic mass is 9.86.